The van der Waals surface area contributed by atoms with E-state index in [1.807, 2.05) is 24.3 Å². The summed E-state index contributed by atoms with van der Waals surface area (Å²) in [7, 11) is 0. The van der Waals surface area contributed by atoms with E-state index in [2.05, 4.69) is 5.32 Å². The van der Waals surface area contributed by atoms with Crippen LogP contribution >= 0.6 is 23.2 Å². The topological polar surface area (TPSA) is 29.1 Å². The molecule has 0 spiro atoms. The molecular weight excluding hydrogens is 324 g/mol. The third kappa shape index (κ3) is 2.96. The molecule has 0 aliphatic heterocycles. The molecule has 2 aromatic rings. The van der Waals surface area contributed by atoms with E-state index in [4.69, 9.17) is 23.2 Å². The highest BCUT2D eigenvalue weighted by atomic mass is 35.5. The van der Waals surface area contributed by atoms with Crippen LogP contribution in [0.15, 0.2) is 42.5 Å². The Kier molecular flexibility index (Phi) is 4.37. The zero-order chi connectivity index (χ0) is 15.7. The molecule has 1 saturated carbocycles. The lowest BCUT2D eigenvalue weighted by atomic mass is 9.75. The molecular formula is C17H14Cl2FNO. The van der Waals surface area contributed by atoms with Crippen LogP contribution < -0.4 is 5.32 Å². The van der Waals surface area contributed by atoms with Gasteiger partial charge in [0.15, 0.2) is 0 Å². The number of rotatable bonds is 3. The van der Waals surface area contributed by atoms with Gasteiger partial charge in [0.05, 0.1) is 10.6 Å². The highest BCUT2D eigenvalue weighted by Crippen LogP contribution is 2.37. The molecule has 1 aliphatic carbocycles. The third-order valence-corrected chi connectivity index (χ3v) is 4.65. The van der Waals surface area contributed by atoms with Gasteiger partial charge in [-0.05, 0) is 42.7 Å². The van der Waals surface area contributed by atoms with Crippen molar-refractivity contribution in [1.82, 2.24) is 5.32 Å². The van der Waals surface area contributed by atoms with Crippen LogP contribution in [0.3, 0.4) is 0 Å². The smallest absolute Gasteiger partial charge is 0.256 e. The van der Waals surface area contributed by atoms with Crippen molar-refractivity contribution in [2.75, 3.05) is 0 Å². The minimum atomic E-state index is -0.604. The molecule has 0 saturated heterocycles. The average Bonchev–Trinajstić information content (AvgIpc) is 2.46. The van der Waals surface area contributed by atoms with Crippen LogP contribution in [0.2, 0.25) is 10.0 Å². The Labute approximate surface area is 138 Å². The van der Waals surface area contributed by atoms with Gasteiger partial charge in [0, 0.05) is 17.0 Å². The van der Waals surface area contributed by atoms with Gasteiger partial charge in [0.2, 0.25) is 0 Å². The standard InChI is InChI=1S/C17H14Cl2FNO/c18-11-6-4-10(5-7-11)12-8-9-15(12)21-17(22)16-13(19)2-1-3-14(16)20/h1-7,12,15H,8-9H2,(H,21,22)/t12-,15-/m0/s1. The third-order valence-electron chi connectivity index (χ3n) is 4.08. The Morgan fingerprint density at radius 1 is 1.09 bits per heavy atom. The molecule has 1 amide bonds. The Morgan fingerprint density at radius 2 is 1.82 bits per heavy atom. The molecule has 1 aliphatic rings. The van der Waals surface area contributed by atoms with Crippen molar-refractivity contribution in [3.63, 3.8) is 0 Å². The number of carbonyl (C=O) groups excluding carboxylic acids is 1. The van der Waals surface area contributed by atoms with Gasteiger partial charge in [-0.25, -0.2) is 4.39 Å². The molecule has 0 unspecified atom stereocenters. The number of halogens is 3. The van der Waals surface area contributed by atoms with E-state index in [1.165, 1.54) is 18.2 Å². The maximum absolute atomic E-state index is 13.8. The molecule has 5 heteroatoms. The monoisotopic (exact) mass is 337 g/mol. The van der Waals surface area contributed by atoms with Crippen LogP contribution in [0.5, 0.6) is 0 Å². The maximum Gasteiger partial charge on any atom is 0.256 e. The van der Waals surface area contributed by atoms with E-state index < -0.39 is 11.7 Å². The summed E-state index contributed by atoms with van der Waals surface area (Å²) in [5.41, 5.74) is 1.03. The molecule has 0 bridgehead atoms. The Hall–Kier alpha value is -1.58. The van der Waals surface area contributed by atoms with Gasteiger partial charge >= 0.3 is 0 Å². The summed E-state index contributed by atoms with van der Waals surface area (Å²) < 4.78 is 13.8. The molecule has 2 atom stereocenters. The van der Waals surface area contributed by atoms with Crippen molar-refractivity contribution in [2.45, 2.75) is 24.8 Å². The van der Waals surface area contributed by atoms with Gasteiger partial charge in [-0.2, -0.15) is 0 Å². The zero-order valence-corrected chi connectivity index (χ0v) is 13.2. The second-order valence-corrected chi connectivity index (χ2v) is 6.26. The molecule has 0 aromatic heterocycles. The highest BCUT2D eigenvalue weighted by molar-refractivity contribution is 6.33. The number of hydrogen-bond acceptors (Lipinski definition) is 1. The van der Waals surface area contributed by atoms with Crippen molar-refractivity contribution in [3.8, 4) is 0 Å². The first-order valence-corrected chi connectivity index (χ1v) is 7.82. The molecule has 1 N–H and O–H groups in total. The first kappa shape index (κ1) is 15.3. The largest absolute Gasteiger partial charge is 0.349 e. The Morgan fingerprint density at radius 3 is 2.41 bits per heavy atom. The van der Waals surface area contributed by atoms with E-state index in [0.717, 1.165) is 18.4 Å². The van der Waals surface area contributed by atoms with Crippen LogP contribution in [0.4, 0.5) is 4.39 Å². The second-order valence-electron chi connectivity index (χ2n) is 5.41. The second kappa shape index (κ2) is 6.27. The molecule has 0 radical (unpaired) electrons. The summed E-state index contributed by atoms with van der Waals surface area (Å²) in [6, 6.07) is 11.8. The normalized spacial score (nSPS) is 20.3. The lowest BCUT2D eigenvalue weighted by Crippen LogP contribution is -2.45. The summed E-state index contributed by atoms with van der Waals surface area (Å²) in [4.78, 5) is 12.3. The summed E-state index contributed by atoms with van der Waals surface area (Å²) in [5.74, 6) is -0.842. The Bertz CT molecular complexity index is 682. The van der Waals surface area contributed by atoms with Crippen LogP contribution in [0.1, 0.15) is 34.7 Å². The highest BCUT2D eigenvalue weighted by Gasteiger charge is 2.34. The van der Waals surface area contributed by atoms with Crippen molar-refractivity contribution in [3.05, 3.63) is 69.5 Å². The lowest BCUT2D eigenvalue weighted by molar-refractivity contribution is 0.0901. The fraction of sp³-hybridized carbons (Fsp3) is 0.235. The van der Waals surface area contributed by atoms with Crippen LogP contribution in [0, 0.1) is 5.82 Å². The SMILES string of the molecule is O=C(N[C@H]1CC[C@H]1c1ccc(Cl)cc1)c1c(F)cccc1Cl. The molecule has 2 aromatic carbocycles. The Balaban J connectivity index is 1.73. The quantitative estimate of drug-likeness (QED) is 0.855. The fourth-order valence-electron chi connectivity index (χ4n) is 2.74. The molecule has 0 heterocycles. The van der Waals surface area contributed by atoms with E-state index in [1.54, 1.807) is 0 Å². The average molecular weight is 338 g/mol. The minimum Gasteiger partial charge on any atom is -0.349 e. The minimum absolute atomic E-state index is 0.00986. The zero-order valence-electron chi connectivity index (χ0n) is 11.7. The predicted octanol–water partition coefficient (Wildman–Crippen LogP) is 4.81. The predicted molar refractivity (Wildman–Crippen MR) is 86.1 cm³/mol. The van der Waals surface area contributed by atoms with E-state index in [9.17, 15) is 9.18 Å². The lowest BCUT2D eigenvalue weighted by Gasteiger charge is -2.37. The van der Waals surface area contributed by atoms with Crippen molar-refractivity contribution < 1.29 is 9.18 Å². The fourth-order valence-corrected chi connectivity index (χ4v) is 3.11. The first-order valence-electron chi connectivity index (χ1n) is 7.06. The van der Waals surface area contributed by atoms with Gasteiger partial charge in [0.1, 0.15) is 5.82 Å². The summed E-state index contributed by atoms with van der Waals surface area (Å²) in [6.45, 7) is 0. The summed E-state index contributed by atoms with van der Waals surface area (Å²) in [5, 5.41) is 3.69. The number of hydrogen-bond donors (Lipinski definition) is 1. The van der Waals surface area contributed by atoms with Gasteiger partial charge in [-0.15, -0.1) is 0 Å². The molecule has 22 heavy (non-hydrogen) atoms. The van der Waals surface area contributed by atoms with Crippen LogP contribution in [-0.4, -0.2) is 11.9 Å². The molecule has 3 rings (SSSR count). The number of nitrogens with one attached hydrogen (secondary N) is 1. The van der Waals surface area contributed by atoms with E-state index in [-0.39, 0.29) is 22.5 Å². The number of amides is 1. The van der Waals surface area contributed by atoms with Crippen molar-refractivity contribution in [2.24, 2.45) is 0 Å². The van der Waals surface area contributed by atoms with Gasteiger partial charge in [-0.3, -0.25) is 4.79 Å². The number of carbonyl (C=O) groups is 1. The van der Waals surface area contributed by atoms with Crippen molar-refractivity contribution in [1.29, 1.82) is 0 Å². The number of benzene rings is 2. The van der Waals surface area contributed by atoms with E-state index >= 15 is 0 Å². The molecule has 1 fully saturated rings. The summed E-state index contributed by atoms with van der Waals surface area (Å²) >= 11 is 11.8. The molecule has 114 valence electrons. The van der Waals surface area contributed by atoms with Gasteiger partial charge < -0.3 is 5.32 Å². The first-order chi connectivity index (χ1) is 10.6. The molecule has 2 nitrogen and oxygen atoms in total. The van der Waals surface area contributed by atoms with E-state index in [0.29, 0.717) is 5.02 Å². The van der Waals surface area contributed by atoms with Gasteiger partial charge in [0.25, 0.3) is 5.91 Å². The van der Waals surface area contributed by atoms with Gasteiger partial charge in [-0.1, -0.05) is 41.4 Å². The van der Waals surface area contributed by atoms with Crippen molar-refractivity contribution >= 4 is 29.1 Å². The maximum atomic E-state index is 13.8. The van der Waals surface area contributed by atoms with Crippen LogP contribution in [-0.2, 0) is 0 Å². The van der Waals surface area contributed by atoms with Crippen LogP contribution in [0.25, 0.3) is 0 Å². The summed E-state index contributed by atoms with van der Waals surface area (Å²) in [6.07, 6.45) is 1.85.